The highest BCUT2D eigenvalue weighted by molar-refractivity contribution is 7.88. The summed E-state index contributed by atoms with van der Waals surface area (Å²) in [5.74, 6) is -0.202. The van der Waals surface area contributed by atoms with Gasteiger partial charge in [-0.1, -0.05) is 6.42 Å². The van der Waals surface area contributed by atoms with Gasteiger partial charge in [0.2, 0.25) is 15.9 Å². The molecule has 1 aliphatic heterocycles. The molecular formula is C17H27N3O3S2. The second-order valence-electron chi connectivity index (χ2n) is 7.03. The molecule has 25 heavy (non-hydrogen) atoms. The number of amides is 1. The lowest BCUT2D eigenvalue weighted by molar-refractivity contribution is -0.125. The van der Waals surface area contributed by atoms with Crippen molar-refractivity contribution in [2.45, 2.75) is 38.3 Å². The van der Waals surface area contributed by atoms with E-state index in [0.29, 0.717) is 13.1 Å². The number of hydrogen-bond donors (Lipinski definition) is 1. The number of fused-ring (bicyclic) bond motifs is 1. The van der Waals surface area contributed by atoms with Crippen LogP contribution in [0.2, 0.25) is 0 Å². The van der Waals surface area contributed by atoms with Crippen molar-refractivity contribution in [3.8, 4) is 0 Å². The van der Waals surface area contributed by atoms with Crippen LogP contribution in [0.3, 0.4) is 0 Å². The lowest BCUT2D eigenvalue weighted by atomic mass is 10.0. The summed E-state index contributed by atoms with van der Waals surface area (Å²) in [6.07, 6.45) is 4.53. The molecule has 1 saturated carbocycles. The largest absolute Gasteiger partial charge is 0.355 e. The summed E-state index contributed by atoms with van der Waals surface area (Å²) >= 11 is 1.68. The third-order valence-corrected chi connectivity index (χ3v) is 7.22. The summed E-state index contributed by atoms with van der Waals surface area (Å²) in [4.78, 5) is 14.9. The van der Waals surface area contributed by atoms with Crippen LogP contribution in [0.5, 0.6) is 0 Å². The summed E-state index contributed by atoms with van der Waals surface area (Å²) in [7, 11) is -3.31. The molecule has 0 bridgehead atoms. The van der Waals surface area contributed by atoms with Gasteiger partial charge in [0.1, 0.15) is 0 Å². The highest BCUT2D eigenvalue weighted by Crippen LogP contribution is 2.32. The molecule has 2 fully saturated rings. The molecule has 0 spiro atoms. The lowest BCUT2D eigenvalue weighted by Crippen LogP contribution is -2.47. The summed E-state index contributed by atoms with van der Waals surface area (Å²) in [6, 6.07) is 1.93. The first-order valence-electron chi connectivity index (χ1n) is 8.93. The minimum Gasteiger partial charge on any atom is -0.355 e. The Balaban J connectivity index is 1.74. The molecule has 1 N–H and O–H groups in total. The molecule has 1 aromatic heterocycles. The Labute approximate surface area is 154 Å². The molecule has 1 aliphatic carbocycles. The van der Waals surface area contributed by atoms with Crippen LogP contribution in [-0.4, -0.2) is 62.0 Å². The van der Waals surface area contributed by atoms with Crippen LogP contribution in [0, 0.1) is 5.92 Å². The average molecular weight is 386 g/mol. The maximum absolute atomic E-state index is 12.6. The van der Waals surface area contributed by atoms with Gasteiger partial charge in [0.05, 0.1) is 12.2 Å². The third-order valence-electron chi connectivity index (χ3n) is 5.18. The van der Waals surface area contributed by atoms with E-state index >= 15 is 0 Å². The first-order chi connectivity index (χ1) is 11.9. The Morgan fingerprint density at radius 2 is 2.08 bits per heavy atom. The summed E-state index contributed by atoms with van der Waals surface area (Å²) < 4.78 is 26.2. The molecule has 1 saturated heterocycles. The van der Waals surface area contributed by atoms with Gasteiger partial charge < -0.3 is 5.32 Å². The van der Waals surface area contributed by atoms with Crippen molar-refractivity contribution in [2.24, 2.45) is 5.92 Å². The third kappa shape index (κ3) is 4.81. The molecule has 2 heterocycles. The molecule has 2 aliphatic rings. The Morgan fingerprint density at radius 3 is 2.80 bits per heavy atom. The average Bonchev–Trinajstić information content (AvgIpc) is 3.20. The lowest BCUT2D eigenvalue weighted by Gasteiger charge is -2.30. The van der Waals surface area contributed by atoms with Crippen LogP contribution in [0.15, 0.2) is 16.8 Å². The smallest absolute Gasteiger partial charge is 0.224 e. The summed E-state index contributed by atoms with van der Waals surface area (Å²) in [5, 5.41) is 7.23. The van der Waals surface area contributed by atoms with Crippen molar-refractivity contribution < 1.29 is 13.2 Å². The fourth-order valence-electron chi connectivity index (χ4n) is 4.00. The van der Waals surface area contributed by atoms with Crippen molar-refractivity contribution >= 4 is 27.3 Å². The first kappa shape index (κ1) is 18.8. The molecule has 140 valence electrons. The van der Waals surface area contributed by atoms with Crippen LogP contribution in [0.25, 0.3) is 0 Å². The van der Waals surface area contributed by atoms with Gasteiger partial charge in [-0.2, -0.15) is 15.6 Å². The van der Waals surface area contributed by atoms with E-state index in [-0.39, 0.29) is 17.9 Å². The van der Waals surface area contributed by atoms with Gasteiger partial charge in [0.15, 0.2) is 0 Å². The standard InChI is InChI=1S/C17H27N3O3S2/c1-25(22,23)20-9-3-8-19(12-14-6-11-24-13-14)10-7-18-17(21)15-4-2-5-16(15)20/h6,11,13,15-16H,2-5,7-10,12H2,1H3,(H,18,21)/t15-,16+/m1/s1. The molecule has 1 amide bonds. The van der Waals surface area contributed by atoms with E-state index in [1.807, 2.05) is 0 Å². The van der Waals surface area contributed by atoms with E-state index in [1.54, 1.807) is 15.6 Å². The topological polar surface area (TPSA) is 69.7 Å². The zero-order chi connectivity index (χ0) is 17.9. The fraction of sp³-hybridized carbons (Fsp3) is 0.706. The number of rotatable bonds is 3. The molecule has 6 nitrogen and oxygen atoms in total. The van der Waals surface area contributed by atoms with E-state index in [1.165, 1.54) is 11.8 Å². The zero-order valence-corrected chi connectivity index (χ0v) is 16.3. The van der Waals surface area contributed by atoms with Gasteiger partial charge in [-0.05, 0) is 48.2 Å². The SMILES string of the molecule is CS(=O)(=O)N1CCCN(Cc2ccsc2)CCNC(=O)[C@@H]2CCC[C@@H]21. The molecule has 0 unspecified atom stereocenters. The molecule has 2 atom stereocenters. The number of hydrogen-bond acceptors (Lipinski definition) is 5. The Morgan fingerprint density at radius 1 is 1.24 bits per heavy atom. The minimum atomic E-state index is -3.31. The number of thiophene rings is 1. The van der Waals surface area contributed by atoms with Crippen molar-refractivity contribution in [3.05, 3.63) is 22.4 Å². The maximum atomic E-state index is 12.6. The molecule has 0 aromatic carbocycles. The molecular weight excluding hydrogens is 358 g/mol. The highest BCUT2D eigenvalue weighted by atomic mass is 32.2. The summed E-state index contributed by atoms with van der Waals surface area (Å²) in [6.45, 7) is 3.57. The first-order valence-corrected chi connectivity index (χ1v) is 11.7. The van der Waals surface area contributed by atoms with Gasteiger partial charge in [0.25, 0.3) is 0 Å². The second-order valence-corrected chi connectivity index (χ2v) is 9.75. The number of carbonyl (C=O) groups excluding carboxylic acids is 1. The predicted octanol–water partition coefficient (Wildman–Crippen LogP) is 1.50. The number of nitrogens with zero attached hydrogens (tertiary/aromatic N) is 2. The van der Waals surface area contributed by atoms with E-state index in [4.69, 9.17) is 0 Å². The molecule has 0 radical (unpaired) electrons. The van der Waals surface area contributed by atoms with Crippen LogP contribution in [-0.2, 0) is 21.4 Å². The van der Waals surface area contributed by atoms with Crippen molar-refractivity contribution in [3.63, 3.8) is 0 Å². The highest BCUT2D eigenvalue weighted by Gasteiger charge is 2.40. The zero-order valence-electron chi connectivity index (χ0n) is 14.7. The van der Waals surface area contributed by atoms with Gasteiger partial charge >= 0.3 is 0 Å². The van der Waals surface area contributed by atoms with E-state index < -0.39 is 10.0 Å². The normalized spacial score (nSPS) is 27.5. The van der Waals surface area contributed by atoms with Gasteiger partial charge in [-0.3, -0.25) is 9.69 Å². The number of nitrogens with one attached hydrogen (secondary N) is 1. The van der Waals surface area contributed by atoms with E-state index in [0.717, 1.165) is 45.3 Å². The van der Waals surface area contributed by atoms with Gasteiger partial charge in [-0.15, -0.1) is 0 Å². The van der Waals surface area contributed by atoms with Gasteiger partial charge in [0, 0.05) is 32.2 Å². The quantitative estimate of drug-likeness (QED) is 0.856. The van der Waals surface area contributed by atoms with E-state index in [9.17, 15) is 13.2 Å². The van der Waals surface area contributed by atoms with E-state index in [2.05, 4.69) is 27.0 Å². The van der Waals surface area contributed by atoms with Crippen molar-refractivity contribution in [1.29, 1.82) is 0 Å². The Kier molecular flexibility index (Phi) is 6.14. The molecule has 1 aromatic rings. The number of carbonyl (C=O) groups is 1. The van der Waals surface area contributed by atoms with Crippen LogP contribution < -0.4 is 5.32 Å². The Bertz CT molecular complexity index is 675. The minimum absolute atomic E-state index is 0.00790. The monoisotopic (exact) mass is 385 g/mol. The van der Waals surface area contributed by atoms with Crippen molar-refractivity contribution in [2.75, 3.05) is 32.4 Å². The van der Waals surface area contributed by atoms with Crippen LogP contribution >= 0.6 is 11.3 Å². The predicted molar refractivity (Wildman–Crippen MR) is 99.9 cm³/mol. The number of sulfonamides is 1. The molecule has 3 rings (SSSR count). The maximum Gasteiger partial charge on any atom is 0.224 e. The molecule has 8 heteroatoms. The second kappa shape index (κ2) is 8.16. The summed E-state index contributed by atoms with van der Waals surface area (Å²) in [5.41, 5.74) is 1.27. The van der Waals surface area contributed by atoms with Crippen LogP contribution in [0.1, 0.15) is 31.2 Å². The fourth-order valence-corrected chi connectivity index (χ4v) is 5.86. The van der Waals surface area contributed by atoms with Crippen LogP contribution in [0.4, 0.5) is 0 Å². The van der Waals surface area contributed by atoms with Gasteiger partial charge in [-0.25, -0.2) is 8.42 Å². The Hall–Kier alpha value is -0.960. The van der Waals surface area contributed by atoms with Crippen molar-refractivity contribution in [1.82, 2.24) is 14.5 Å².